The molecule has 0 bridgehead atoms. The number of hydrogen-bond acceptors (Lipinski definition) is 5. The molecular formula is C8H4Mg2O5+2. The van der Waals surface area contributed by atoms with Crippen molar-refractivity contribution in [1.82, 2.24) is 0 Å². The zero-order chi connectivity index (χ0) is 9.84. The van der Waals surface area contributed by atoms with Crippen LogP contribution in [-0.4, -0.2) is 58.0 Å². The van der Waals surface area contributed by atoms with E-state index in [0.29, 0.717) is 0 Å². The summed E-state index contributed by atoms with van der Waals surface area (Å²) in [7, 11) is 0. The van der Waals surface area contributed by atoms with E-state index in [1.807, 2.05) is 0 Å². The van der Waals surface area contributed by atoms with Crippen molar-refractivity contribution in [2.24, 2.45) is 0 Å². The molecule has 0 unspecified atom stereocenters. The van der Waals surface area contributed by atoms with E-state index in [2.05, 4.69) is 4.89 Å². The van der Waals surface area contributed by atoms with Crippen LogP contribution in [0.4, 0.5) is 0 Å². The number of benzene rings is 1. The van der Waals surface area contributed by atoms with Crippen LogP contribution in [0.15, 0.2) is 24.3 Å². The van der Waals surface area contributed by atoms with E-state index >= 15 is 0 Å². The molecular weight excluding hydrogens is 225 g/mol. The average molecular weight is 229 g/mol. The van der Waals surface area contributed by atoms with Crippen LogP contribution in [0.2, 0.25) is 0 Å². The fourth-order valence-corrected chi connectivity index (χ4v) is 0.884. The molecule has 15 heavy (non-hydrogen) atoms. The third-order valence-corrected chi connectivity index (χ3v) is 1.44. The van der Waals surface area contributed by atoms with Gasteiger partial charge in [-0.25, -0.2) is 4.79 Å². The van der Waals surface area contributed by atoms with Crippen LogP contribution in [0.25, 0.3) is 0 Å². The van der Waals surface area contributed by atoms with Crippen molar-refractivity contribution >= 4 is 58.0 Å². The van der Waals surface area contributed by atoms with Gasteiger partial charge in [-0.05, 0) is 6.07 Å². The fourth-order valence-electron chi connectivity index (χ4n) is 0.884. The van der Waals surface area contributed by atoms with Gasteiger partial charge in [-0.2, -0.15) is 0 Å². The standard InChI is InChI=1S/C8H6O5.2Mg/c9-7(10)5-3-1-2-4-6(5)8(11)13-12;;/h1-4,12H,(H,9,10);;/q;2*+2/p-2. The Morgan fingerprint density at radius 1 is 1.07 bits per heavy atom. The van der Waals surface area contributed by atoms with Crippen LogP contribution in [-0.2, 0) is 4.89 Å². The van der Waals surface area contributed by atoms with Gasteiger partial charge in [0.1, 0.15) is 0 Å². The van der Waals surface area contributed by atoms with Crippen LogP contribution in [0.3, 0.4) is 0 Å². The summed E-state index contributed by atoms with van der Waals surface area (Å²) in [4.78, 5) is 24.3. The second kappa shape index (κ2) is 7.88. The SMILES string of the molecule is O=C([O-])c1ccccc1C(=O)O[O-].[Mg+2].[Mg+2]. The molecule has 0 spiro atoms. The number of carboxylic acids is 1. The van der Waals surface area contributed by atoms with Gasteiger partial charge in [-0.15, -0.1) is 0 Å². The molecule has 0 saturated carbocycles. The van der Waals surface area contributed by atoms with Crippen LogP contribution in [0.5, 0.6) is 0 Å². The predicted molar refractivity (Wildman–Crippen MR) is 47.7 cm³/mol. The van der Waals surface area contributed by atoms with E-state index in [-0.39, 0.29) is 57.2 Å². The zero-order valence-corrected chi connectivity index (χ0v) is 10.6. The monoisotopic (exact) mass is 228 g/mol. The summed E-state index contributed by atoms with van der Waals surface area (Å²) < 4.78 is 0. The van der Waals surface area contributed by atoms with Crippen molar-refractivity contribution < 1.29 is 24.8 Å². The summed E-state index contributed by atoms with van der Waals surface area (Å²) >= 11 is 0. The summed E-state index contributed by atoms with van der Waals surface area (Å²) in [5.74, 6) is -2.76. The third-order valence-electron chi connectivity index (χ3n) is 1.44. The molecule has 0 amide bonds. The normalized spacial score (nSPS) is 8.07. The second-order valence-corrected chi connectivity index (χ2v) is 2.20. The summed E-state index contributed by atoms with van der Waals surface area (Å²) in [5, 5.41) is 20.2. The molecule has 0 saturated heterocycles. The first kappa shape index (κ1) is 17.1. The molecule has 0 aliphatic heterocycles. The van der Waals surface area contributed by atoms with E-state index in [9.17, 15) is 20.0 Å². The Labute approximate surface area is 118 Å². The molecule has 1 rings (SSSR count). The molecule has 0 heterocycles. The van der Waals surface area contributed by atoms with Gasteiger partial charge in [0.25, 0.3) is 0 Å². The Kier molecular flexibility index (Phi) is 8.96. The van der Waals surface area contributed by atoms with Crippen LogP contribution < -0.4 is 10.4 Å². The molecule has 0 aromatic heterocycles. The molecule has 1 aromatic carbocycles. The van der Waals surface area contributed by atoms with Crippen molar-refractivity contribution in [2.75, 3.05) is 0 Å². The summed E-state index contributed by atoms with van der Waals surface area (Å²) in [5.41, 5.74) is -0.666. The molecule has 0 atom stereocenters. The number of carbonyl (C=O) groups is 2. The molecule has 0 fully saturated rings. The fraction of sp³-hybridized carbons (Fsp3) is 0. The predicted octanol–water partition coefficient (Wildman–Crippen LogP) is -2.28. The number of carbonyl (C=O) groups excluding carboxylic acids is 2. The smallest absolute Gasteiger partial charge is 0.661 e. The first-order valence-electron chi connectivity index (χ1n) is 3.31. The zero-order valence-electron chi connectivity index (χ0n) is 7.76. The van der Waals surface area contributed by atoms with Crippen LogP contribution in [0, 0.1) is 0 Å². The van der Waals surface area contributed by atoms with Crippen LogP contribution in [0.1, 0.15) is 20.7 Å². The summed E-state index contributed by atoms with van der Waals surface area (Å²) in [6.07, 6.45) is 0. The first-order valence-corrected chi connectivity index (χ1v) is 3.31. The maximum absolute atomic E-state index is 10.7. The van der Waals surface area contributed by atoms with Crippen molar-refractivity contribution in [3.8, 4) is 0 Å². The van der Waals surface area contributed by atoms with E-state index in [4.69, 9.17) is 0 Å². The van der Waals surface area contributed by atoms with Gasteiger partial charge in [-0.1, -0.05) is 18.2 Å². The van der Waals surface area contributed by atoms with Gasteiger partial charge in [0.15, 0.2) is 0 Å². The quantitative estimate of drug-likeness (QED) is 0.323. The van der Waals surface area contributed by atoms with E-state index in [0.717, 1.165) is 6.07 Å². The largest absolute Gasteiger partial charge is 2.00 e. The first-order chi connectivity index (χ1) is 6.16. The third kappa shape index (κ3) is 4.35. The minimum absolute atomic E-state index is 0. The Morgan fingerprint density at radius 3 is 1.93 bits per heavy atom. The van der Waals surface area contributed by atoms with Crippen molar-refractivity contribution in [1.29, 1.82) is 0 Å². The number of aromatic carboxylic acids is 1. The van der Waals surface area contributed by atoms with Crippen LogP contribution >= 0.6 is 0 Å². The van der Waals surface area contributed by atoms with Gasteiger partial charge in [0, 0.05) is 5.56 Å². The minimum atomic E-state index is -1.53. The number of hydrogen-bond donors (Lipinski definition) is 0. The Hall–Kier alpha value is -0.348. The molecule has 68 valence electrons. The maximum Gasteiger partial charge on any atom is 2.00 e. The van der Waals surface area contributed by atoms with Crippen molar-refractivity contribution in [3.63, 3.8) is 0 Å². The van der Waals surface area contributed by atoms with Gasteiger partial charge in [-0.3, -0.25) is 0 Å². The van der Waals surface area contributed by atoms with Gasteiger partial charge in [0.2, 0.25) is 0 Å². The van der Waals surface area contributed by atoms with Gasteiger partial charge < -0.3 is 20.0 Å². The van der Waals surface area contributed by atoms with E-state index < -0.39 is 11.9 Å². The number of rotatable bonds is 2. The molecule has 0 aliphatic carbocycles. The van der Waals surface area contributed by atoms with Crippen molar-refractivity contribution in [2.45, 2.75) is 0 Å². The Bertz CT molecular complexity index is 353. The van der Waals surface area contributed by atoms with E-state index in [1.54, 1.807) is 0 Å². The Balaban J connectivity index is 0. The molecule has 5 nitrogen and oxygen atoms in total. The molecule has 0 N–H and O–H groups in total. The van der Waals surface area contributed by atoms with E-state index in [1.165, 1.54) is 18.2 Å². The second-order valence-electron chi connectivity index (χ2n) is 2.20. The number of carboxylic acid groups (broad SMARTS) is 1. The average Bonchev–Trinajstić information content (AvgIpc) is 2.16. The summed E-state index contributed by atoms with van der Waals surface area (Å²) in [6, 6.07) is 5.15. The van der Waals surface area contributed by atoms with Gasteiger partial charge in [0.05, 0.1) is 11.5 Å². The van der Waals surface area contributed by atoms with Crippen molar-refractivity contribution in [3.05, 3.63) is 35.4 Å². The molecule has 0 radical (unpaired) electrons. The molecule has 7 heteroatoms. The van der Waals surface area contributed by atoms with Gasteiger partial charge >= 0.3 is 52.1 Å². The Morgan fingerprint density at radius 2 is 1.53 bits per heavy atom. The maximum atomic E-state index is 10.7. The summed E-state index contributed by atoms with van der Waals surface area (Å²) in [6.45, 7) is 0. The topological polar surface area (TPSA) is 89.5 Å². The molecule has 1 aromatic rings. The molecule has 0 aliphatic rings. The minimum Gasteiger partial charge on any atom is -0.661 e.